The van der Waals surface area contributed by atoms with Crippen molar-refractivity contribution in [1.29, 1.82) is 0 Å². The molecule has 1 aromatic heterocycles. The van der Waals surface area contributed by atoms with Crippen LogP contribution in [0.5, 0.6) is 0 Å². The topological polar surface area (TPSA) is 46.9 Å². The van der Waals surface area contributed by atoms with Crippen molar-refractivity contribution in [2.75, 3.05) is 5.32 Å². The van der Waals surface area contributed by atoms with Crippen LogP contribution in [0.3, 0.4) is 0 Å². The molecule has 0 radical (unpaired) electrons. The minimum Gasteiger partial charge on any atom is -0.363 e. The fraction of sp³-hybridized carbons (Fsp3) is 0.407. The van der Waals surface area contributed by atoms with E-state index in [-0.39, 0.29) is 22.8 Å². The number of carbonyl (C=O) groups is 1. The molecule has 0 spiro atoms. The molecule has 1 atom stereocenters. The van der Waals surface area contributed by atoms with Gasteiger partial charge >= 0.3 is 0 Å². The second-order valence-electron chi connectivity index (χ2n) is 9.54. The maximum absolute atomic E-state index is 13.7. The van der Waals surface area contributed by atoms with E-state index in [0.717, 1.165) is 25.1 Å². The highest BCUT2D eigenvalue weighted by Crippen LogP contribution is 2.42. The van der Waals surface area contributed by atoms with Gasteiger partial charge in [-0.15, -0.1) is 0 Å². The highest BCUT2D eigenvalue weighted by Gasteiger charge is 2.38. The van der Waals surface area contributed by atoms with Gasteiger partial charge in [0.05, 0.1) is 23.3 Å². The molecule has 0 saturated heterocycles. The molecule has 3 aromatic rings. The molecule has 1 aliphatic heterocycles. The Hall–Kier alpha value is -2.15. The van der Waals surface area contributed by atoms with Crippen LogP contribution in [0.2, 0.25) is 0 Å². The average molecular weight is 541 g/mol. The maximum atomic E-state index is 13.7. The lowest BCUT2D eigenvalue weighted by Crippen LogP contribution is -2.38. The smallest absolute Gasteiger partial charge is 0.169 e. The molecule has 1 aliphatic rings. The van der Waals surface area contributed by atoms with Gasteiger partial charge in [0.1, 0.15) is 5.82 Å². The summed E-state index contributed by atoms with van der Waals surface area (Å²) in [4.78, 5) is 13.7. The molecule has 32 heavy (non-hydrogen) atoms. The second kappa shape index (κ2) is 9.00. The standard InChI is InChI=1S/C27H32IN3O/c1-5-27(6-2,20-12-14-21(28)15-13-20)17-24(32)22-18-29-31-25(22)30-23(16-26(31,3)4)19-10-8-7-9-11-19/h7-15,18,23,30H,5-6,16-17H2,1-4H3. The third-order valence-corrected chi connectivity index (χ3v) is 7.89. The van der Waals surface area contributed by atoms with Crippen LogP contribution >= 0.6 is 22.6 Å². The molecular formula is C27H32IN3O. The van der Waals surface area contributed by atoms with E-state index in [0.29, 0.717) is 12.0 Å². The Morgan fingerprint density at radius 2 is 1.78 bits per heavy atom. The van der Waals surface area contributed by atoms with E-state index >= 15 is 0 Å². The number of fused-ring (bicyclic) bond motifs is 1. The zero-order chi connectivity index (χ0) is 22.9. The first-order valence-electron chi connectivity index (χ1n) is 11.5. The molecule has 0 bridgehead atoms. The lowest BCUT2D eigenvalue weighted by molar-refractivity contribution is 0.0944. The lowest BCUT2D eigenvalue weighted by Gasteiger charge is -2.38. The predicted molar refractivity (Wildman–Crippen MR) is 139 cm³/mol. The van der Waals surface area contributed by atoms with Crippen molar-refractivity contribution in [3.63, 3.8) is 0 Å². The fourth-order valence-electron chi connectivity index (χ4n) is 5.06. The van der Waals surface area contributed by atoms with Crippen molar-refractivity contribution in [1.82, 2.24) is 9.78 Å². The van der Waals surface area contributed by atoms with Gasteiger partial charge in [0, 0.05) is 15.4 Å². The van der Waals surface area contributed by atoms with E-state index in [1.807, 2.05) is 10.7 Å². The molecule has 0 aliphatic carbocycles. The average Bonchev–Trinajstić information content (AvgIpc) is 3.24. The zero-order valence-electron chi connectivity index (χ0n) is 19.4. The van der Waals surface area contributed by atoms with Crippen molar-refractivity contribution in [3.05, 3.63) is 81.1 Å². The molecule has 0 saturated carbocycles. The van der Waals surface area contributed by atoms with Crippen molar-refractivity contribution in [3.8, 4) is 0 Å². The summed E-state index contributed by atoms with van der Waals surface area (Å²) in [5.41, 5.74) is 2.84. The fourth-order valence-corrected chi connectivity index (χ4v) is 5.41. The molecule has 4 rings (SSSR count). The van der Waals surface area contributed by atoms with Gasteiger partial charge in [-0.1, -0.05) is 56.3 Å². The van der Waals surface area contributed by atoms with Gasteiger partial charge in [-0.3, -0.25) is 4.79 Å². The number of hydrogen-bond acceptors (Lipinski definition) is 3. The van der Waals surface area contributed by atoms with Gasteiger partial charge < -0.3 is 5.32 Å². The number of halogens is 1. The van der Waals surface area contributed by atoms with Gasteiger partial charge in [0.2, 0.25) is 0 Å². The number of anilines is 1. The summed E-state index contributed by atoms with van der Waals surface area (Å²) in [5.74, 6) is 1.01. The number of aromatic nitrogens is 2. The molecule has 5 heteroatoms. The molecule has 0 fully saturated rings. The summed E-state index contributed by atoms with van der Waals surface area (Å²) in [5, 5.41) is 8.30. The third-order valence-electron chi connectivity index (χ3n) is 7.17. The van der Waals surface area contributed by atoms with Crippen LogP contribution in [0.25, 0.3) is 0 Å². The highest BCUT2D eigenvalue weighted by molar-refractivity contribution is 14.1. The Kier molecular flexibility index (Phi) is 6.48. The van der Waals surface area contributed by atoms with Gasteiger partial charge in [-0.2, -0.15) is 5.10 Å². The Morgan fingerprint density at radius 1 is 1.12 bits per heavy atom. The van der Waals surface area contributed by atoms with Crippen LogP contribution in [0.1, 0.15) is 80.9 Å². The Balaban J connectivity index is 1.67. The summed E-state index contributed by atoms with van der Waals surface area (Å²) in [6, 6.07) is 19.3. The van der Waals surface area contributed by atoms with E-state index in [1.54, 1.807) is 6.20 Å². The van der Waals surface area contributed by atoms with Gasteiger partial charge in [0.25, 0.3) is 0 Å². The van der Waals surface area contributed by atoms with Gasteiger partial charge in [-0.25, -0.2) is 4.68 Å². The van der Waals surface area contributed by atoms with Crippen LogP contribution in [0.4, 0.5) is 5.82 Å². The summed E-state index contributed by atoms with van der Waals surface area (Å²) in [7, 11) is 0. The first-order valence-corrected chi connectivity index (χ1v) is 12.6. The first kappa shape index (κ1) is 23.0. The lowest BCUT2D eigenvalue weighted by atomic mass is 9.71. The number of rotatable bonds is 7. The summed E-state index contributed by atoms with van der Waals surface area (Å²) in [6.07, 6.45) is 5.01. The van der Waals surface area contributed by atoms with E-state index < -0.39 is 0 Å². The van der Waals surface area contributed by atoms with E-state index in [2.05, 4.69) is 109 Å². The van der Waals surface area contributed by atoms with Crippen LogP contribution in [0.15, 0.2) is 60.8 Å². The summed E-state index contributed by atoms with van der Waals surface area (Å²) < 4.78 is 3.22. The van der Waals surface area contributed by atoms with Crippen molar-refractivity contribution in [2.45, 2.75) is 70.4 Å². The monoisotopic (exact) mass is 541 g/mol. The number of nitrogens with zero attached hydrogens (tertiary/aromatic N) is 2. The van der Waals surface area contributed by atoms with E-state index in [4.69, 9.17) is 0 Å². The predicted octanol–water partition coefficient (Wildman–Crippen LogP) is 7.11. The molecule has 0 amide bonds. The first-order chi connectivity index (χ1) is 15.3. The van der Waals surface area contributed by atoms with Gasteiger partial charge in [-0.05, 0) is 79.0 Å². The molecule has 1 unspecified atom stereocenters. The van der Waals surface area contributed by atoms with Crippen LogP contribution < -0.4 is 5.32 Å². The molecule has 2 aromatic carbocycles. The summed E-state index contributed by atoms with van der Waals surface area (Å²) >= 11 is 2.33. The molecule has 4 nitrogen and oxygen atoms in total. The molecule has 168 valence electrons. The van der Waals surface area contributed by atoms with Crippen LogP contribution in [0, 0.1) is 3.57 Å². The van der Waals surface area contributed by atoms with Crippen molar-refractivity contribution < 1.29 is 4.79 Å². The van der Waals surface area contributed by atoms with Gasteiger partial charge in [0.15, 0.2) is 5.78 Å². The molecule has 2 heterocycles. The zero-order valence-corrected chi connectivity index (χ0v) is 21.5. The number of hydrogen-bond donors (Lipinski definition) is 1. The van der Waals surface area contributed by atoms with Crippen molar-refractivity contribution >= 4 is 34.2 Å². The largest absolute Gasteiger partial charge is 0.363 e. The highest BCUT2D eigenvalue weighted by atomic mass is 127. The Labute approximate surface area is 204 Å². The number of benzene rings is 2. The Bertz CT molecular complexity index is 1080. The number of ketones is 1. The number of nitrogens with one attached hydrogen (secondary N) is 1. The van der Waals surface area contributed by atoms with Crippen LogP contribution in [-0.2, 0) is 11.0 Å². The minimum atomic E-state index is -0.178. The molecule has 1 N–H and O–H groups in total. The second-order valence-corrected chi connectivity index (χ2v) is 10.8. The number of Topliss-reactive ketones (excluding diaryl/α,β-unsaturated/α-hetero) is 1. The van der Waals surface area contributed by atoms with Crippen LogP contribution in [-0.4, -0.2) is 15.6 Å². The summed E-state index contributed by atoms with van der Waals surface area (Å²) in [6.45, 7) is 8.77. The quantitative estimate of drug-likeness (QED) is 0.256. The SMILES string of the molecule is CCC(CC)(CC(=O)c1cnn2c1NC(c1ccccc1)CC2(C)C)c1ccc(I)cc1. The third kappa shape index (κ3) is 4.24. The van der Waals surface area contributed by atoms with E-state index in [1.165, 1.54) is 14.7 Å². The molecular weight excluding hydrogens is 509 g/mol. The van der Waals surface area contributed by atoms with E-state index in [9.17, 15) is 4.79 Å². The minimum absolute atomic E-state index is 0.153. The van der Waals surface area contributed by atoms with Crippen molar-refractivity contribution in [2.24, 2.45) is 0 Å². The normalized spacial score (nSPS) is 17.5. The Morgan fingerprint density at radius 3 is 2.41 bits per heavy atom. The number of carbonyl (C=O) groups excluding carboxylic acids is 1. The maximum Gasteiger partial charge on any atom is 0.169 e.